The van der Waals surface area contributed by atoms with Gasteiger partial charge in [0.05, 0.1) is 0 Å². The molecular weight excluding hydrogens is 269 g/mol. The summed E-state index contributed by atoms with van der Waals surface area (Å²) in [5.74, 6) is 0. The first kappa shape index (κ1) is 21.1. The molecule has 0 aliphatic rings. The van der Waals surface area contributed by atoms with E-state index in [-0.39, 0.29) is 6.42 Å². The van der Waals surface area contributed by atoms with Crippen LogP contribution in [-0.2, 0) is 10.1 Å². The highest BCUT2D eigenvalue weighted by Crippen LogP contribution is 2.14. The lowest BCUT2D eigenvalue weighted by atomic mass is 10.1. The molecule has 0 spiro atoms. The molecule has 0 aromatic carbocycles. The number of nitrogens with one attached hydrogen (secondary N) is 1. The fraction of sp³-hybridized carbons (Fsp3) is 1.00. The molecule has 19 heavy (non-hydrogen) atoms. The molecule has 0 saturated heterocycles. The Morgan fingerprint density at radius 1 is 1.00 bits per heavy atom. The summed E-state index contributed by atoms with van der Waals surface area (Å²) in [4.78, 5) is 0. The van der Waals surface area contributed by atoms with Crippen LogP contribution in [0, 0.1) is 0 Å². The molecule has 0 rings (SSSR count). The number of hydrogen-bond acceptors (Lipinski definition) is 3. The van der Waals surface area contributed by atoms with E-state index < -0.39 is 15.6 Å². The van der Waals surface area contributed by atoms with Crippen molar-refractivity contribution >= 4 is 10.1 Å². The standard InChI is InChI=1S/C11H23FO3S.C2H7N/c1-2-3-4-5-6-7-8-9-10-11(12)16(13,14)15;1-3-2/h11H,2-10H2,1H3,(H,13,14,15);3H,1-2H3. The molecule has 0 aromatic heterocycles. The van der Waals surface area contributed by atoms with Gasteiger partial charge in [0.1, 0.15) is 0 Å². The van der Waals surface area contributed by atoms with Gasteiger partial charge in [0.15, 0.2) is 0 Å². The number of halogens is 1. The minimum absolute atomic E-state index is 0.0895. The molecule has 2 N–H and O–H groups in total. The van der Waals surface area contributed by atoms with Gasteiger partial charge in [-0.25, -0.2) is 4.39 Å². The van der Waals surface area contributed by atoms with E-state index in [0.29, 0.717) is 6.42 Å². The lowest BCUT2D eigenvalue weighted by molar-refractivity contribution is 0.349. The summed E-state index contributed by atoms with van der Waals surface area (Å²) in [5, 5.41) is 2.75. The average molecular weight is 299 g/mol. The van der Waals surface area contributed by atoms with Crippen LogP contribution >= 0.6 is 0 Å². The summed E-state index contributed by atoms with van der Waals surface area (Å²) < 4.78 is 41.8. The van der Waals surface area contributed by atoms with Gasteiger partial charge in [-0.15, -0.1) is 0 Å². The quantitative estimate of drug-likeness (QED) is 0.478. The molecule has 1 unspecified atom stereocenters. The molecule has 0 aliphatic carbocycles. The number of unbranched alkanes of at least 4 members (excludes halogenated alkanes) is 7. The molecule has 0 fully saturated rings. The Balaban J connectivity index is 0. The van der Waals surface area contributed by atoms with Crippen molar-refractivity contribution in [3.8, 4) is 0 Å². The summed E-state index contributed by atoms with van der Waals surface area (Å²) in [6, 6.07) is 0. The summed E-state index contributed by atoms with van der Waals surface area (Å²) in [6.45, 7) is 2.16. The number of hydrogen-bond donors (Lipinski definition) is 2. The van der Waals surface area contributed by atoms with Crippen molar-refractivity contribution in [1.82, 2.24) is 5.32 Å². The van der Waals surface area contributed by atoms with Crippen molar-refractivity contribution in [2.45, 2.75) is 70.2 Å². The van der Waals surface area contributed by atoms with Gasteiger partial charge in [-0.1, -0.05) is 51.9 Å². The predicted octanol–water partition coefficient (Wildman–Crippen LogP) is 3.54. The molecule has 6 heteroatoms. The number of alkyl halides is 1. The molecule has 0 saturated carbocycles. The van der Waals surface area contributed by atoms with Gasteiger partial charge >= 0.3 is 0 Å². The van der Waals surface area contributed by atoms with Crippen LogP contribution in [0.4, 0.5) is 4.39 Å². The van der Waals surface area contributed by atoms with E-state index in [0.717, 1.165) is 19.3 Å². The predicted molar refractivity (Wildman–Crippen MR) is 78.7 cm³/mol. The zero-order chi connectivity index (χ0) is 15.1. The van der Waals surface area contributed by atoms with Crippen molar-refractivity contribution in [1.29, 1.82) is 0 Å². The van der Waals surface area contributed by atoms with Gasteiger partial charge in [-0.05, 0) is 26.9 Å². The Hall–Kier alpha value is -0.200. The fourth-order valence-electron chi connectivity index (χ4n) is 1.59. The van der Waals surface area contributed by atoms with E-state index in [1.807, 2.05) is 14.1 Å². The van der Waals surface area contributed by atoms with Gasteiger partial charge in [-0.3, -0.25) is 4.55 Å². The summed E-state index contributed by atoms with van der Waals surface area (Å²) in [7, 11) is -0.724. The van der Waals surface area contributed by atoms with Gasteiger partial charge < -0.3 is 5.32 Å². The highest BCUT2D eigenvalue weighted by atomic mass is 32.2. The van der Waals surface area contributed by atoms with Crippen molar-refractivity contribution in [3.05, 3.63) is 0 Å². The van der Waals surface area contributed by atoms with Crippen LogP contribution in [0.25, 0.3) is 0 Å². The van der Waals surface area contributed by atoms with Crippen molar-refractivity contribution in [2.75, 3.05) is 14.1 Å². The molecule has 0 bridgehead atoms. The number of rotatable bonds is 10. The molecule has 0 amide bonds. The molecule has 0 aromatic rings. The minimum Gasteiger partial charge on any atom is -0.323 e. The van der Waals surface area contributed by atoms with Crippen LogP contribution in [0.3, 0.4) is 0 Å². The second kappa shape index (κ2) is 14.2. The molecule has 118 valence electrons. The Morgan fingerprint density at radius 2 is 1.37 bits per heavy atom. The highest BCUT2D eigenvalue weighted by Gasteiger charge is 2.20. The van der Waals surface area contributed by atoms with E-state index >= 15 is 0 Å². The van der Waals surface area contributed by atoms with Gasteiger partial charge in [0, 0.05) is 0 Å². The Kier molecular flexibility index (Phi) is 15.8. The molecule has 4 nitrogen and oxygen atoms in total. The average Bonchev–Trinajstić information content (AvgIpc) is 2.32. The largest absolute Gasteiger partial charge is 0.323 e. The normalized spacial score (nSPS) is 12.7. The highest BCUT2D eigenvalue weighted by molar-refractivity contribution is 7.86. The van der Waals surface area contributed by atoms with Crippen LogP contribution in [0.1, 0.15) is 64.7 Å². The first-order valence-electron chi connectivity index (χ1n) is 7.09. The van der Waals surface area contributed by atoms with Gasteiger partial charge in [0.25, 0.3) is 10.1 Å². The second-order valence-corrected chi connectivity index (χ2v) is 6.23. The summed E-state index contributed by atoms with van der Waals surface area (Å²) in [6.07, 6.45) is 8.33. The van der Waals surface area contributed by atoms with E-state index in [9.17, 15) is 12.8 Å². The summed E-state index contributed by atoms with van der Waals surface area (Å²) >= 11 is 0. The van der Waals surface area contributed by atoms with Crippen molar-refractivity contribution < 1.29 is 17.4 Å². The smallest absolute Gasteiger partial charge is 0.297 e. The summed E-state index contributed by atoms with van der Waals surface area (Å²) in [5.41, 5.74) is -2.10. The monoisotopic (exact) mass is 299 g/mol. The van der Waals surface area contributed by atoms with Crippen LogP contribution in [-0.4, -0.2) is 32.6 Å². The van der Waals surface area contributed by atoms with Crippen molar-refractivity contribution in [3.63, 3.8) is 0 Å². The van der Waals surface area contributed by atoms with E-state index in [4.69, 9.17) is 4.55 Å². The lowest BCUT2D eigenvalue weighted by Crippen LogP contribution is -2.14. The minimum atomic E-state index is -4.47. The van der Waals surface area contributed by atoms with Crippen LogP contribution in [0.5, 0.6) is 0 Å². The van der Waals surface area contributed by atoms with E-state index in [1.165, 1.54) is 25.7 Å². The third-order valence-corrected chi connectivity index (χ3v) is 3.49. The first-order valence-corrected chi connectivity index (χ1v) is 8.59. The first-order chi connectivity index (χ1) is 8.90. The zero-order valence-corrected chi connectivity index (χ0v) is 13.3. The van der Waals surface area contributed by atoms with E-state index in [1.54, 1.807) is 0 Å². The van der Waals surface area contributed by atoms with Gasteiger partial charge in [-0.2, -0.15) is 8.42 Å². The maximum Gasteiger partial charge on any atom is 0.297 e. The Labute approximate surface area is 117 Å². The molecule has 0 aliphatic heterocycles. The third-order valence-electron chi connectivity index (χ3n) is 2.61. The van der Waals surface area contributed by atoms with Crippen LogP contribution < -0.4 is 5.32 Å². The lowest BCUT2D eigenvalue weighted by Gasteiger charge is -2.04. The third kappa shape index (κ3) is 17.8. The Bertz CT molecular complexity index is 271. The SMILES string of the molecule is CCCCCCCCCCC(F)S(=O)(=O)O.CNC. The van der Waals surface area contributed by atoms with E-state index in [2.05, 4.69) is 12.2 Å². The Morgan fingerprint density at radius 3 is 1.74 bits per heavy atom. The van der Waals surface area contributed by atoms with Gasteiger partial charge in [0.2, 0.25) is 5.50 Å². The van der Waals surface area contributed by atoms with Crippen molar-refractivity contribution in [2.24, 2.45) is 0 Å². The van der Waals surface area contributed by atoms with Crippen LogP contribution in [0.15, 0.2) is 0 Å². The molecule has 0 radical (unpaired) electrons. The molecular formula is C13H30FNO3S. The van der Waals surface area contributed by atoms with Crippen LogP contribution in [0.2, 0.25) is 0 Å². The zero-order valence-electron chi connectivity index (χ0n) is 12.5. The maximum atomic E-state index is 12.7. The second-order valence-electron chi connectivity index (χ2n) is 4.69. The molecule has 0 heterocycles. The maximum absolute atomic E-state index is 12.7. The topological polar surface area (TPSA) is 66.4 Å². The fourth-order valence-corrected chi connectivity index (χ4v) is 2.05. The molecule has 1 atom stereocenters.